The normalized spacial score (nSPS) is 16.8. The largest absolute Gasteiger partial charge is 0.487 e. The molecule has 2 aliphatic rings. The maximum Gasteiger partial charge on any atom is 0.198 e. The Morgan fingerprint density at radius 2 is 1.53 bits per heavy atom. The zero-order valence-corrected chi connectivity index (χ0v) is 26.0. The van der Waals surface area contributed by atoms with Crippen LogP contribution in [0.5, 0.6) is 5.75 Å². The number of piperidine rings is 1. The van der Waals surface area contributed by atoms with E-state index in [1.807, 2.05) is 89.8 Å². The number of rotatable bonds is 8. The summed E-state index contributed by atoms with van der Waals surface area (Å²) in [5.41, 5.74) is 4.14. The molecule has 1 fully saturated rings. The van der Waals surface area contributed by atoms with Crippen molar-refractivity contribution in [2.45, 2.75) is 39.0 Å². The Balaban J connectivity index is 1.49. The fourth-order valence-electron chi connectivity index (χ4n) is 5.68. The maximum absolute atomic E-state index is 13.2. The molecule has 0 bridgehead atoms. The molecule has 0 N–H and O–H groups in total. The Kier molecular flexibility index (Phi) is 8.80. The molecule has 0 saturated carbocycles. The SMILES string of the molecule is CC(=O)C1=NN(c2ccccc2)C(c2cc(Cl)cc(Cl)c2OCc2ccccc2)N1c1ccc(N2CCCCC2)c(Cl)c1. The number of carbonyl (C=O) groups is 1. The predicted octanol–water partition coefficient (Wildman–Crippen LogP) is 9.14. The van der Waals surface area contributed by atoms with Gasteiger partial charge in [0.05, 0.1) is 21.4 Å². The number of ether oxygens (including phenoxy) is 1. The first-order valence-electron chi connectivity index (χ1n) is 14.3. The van der Waals surface area contributed by atoms with E-state index in [9.17, 15) is 4.79 Å². The summed E-state index contributed by atoms with van der Waals surface area (Å²) in [4.78, 5) is 17.4. The van der Waals surface area contributed by atoms with Crippen LogP contribution in [0.4, 0.5) is 17.1 Å². The monoisotopic (exact) mass is 632 g/mol. The van der Waals surface area contributed by atoms with Crippen LogP contribution in [0.1, 0.15) is 43.5 Å². The Morgan fingerprint density at radius 3 is 2.21 bits per heavy atom. The minimum Gasteiger partial charge on any atom is -0.487 e. The van der Waals surface area contributed by atoms with E-state index >= 15 is 0 Å². The van der Waals surface area contributed by atoms with Gasteiger partial charge in [0.1, 0.15) is 12.4 Å². The van der Waals surface area contributed by atoms with Crippen molar-refractivity contribution >= 4 is 63.5 Å². The van der Waals surface area contributed by atoms with Gasteiger partial charge in [-0.05, 0) is 67.3 Å². The highest BCUT2D eigenvalue weighted by atomic mass is 35.5. The fraction of sp³-hybridized carbons (Fsp3) is 0.235. The molecule has 1 unspecified atom stereocenters. The average Bonchev–Trinajstić information content (AvgIpc) is 3.43. The van der Waals surface area contributed by atoms with Crippen LogP contribution in [-0.4, -0.2) is 24.7 Å². The third kappa shape index (κ3) is 6.19. The van der Waals surface area contributed by atoms with E-state index < -0.39 is 6.17 Å². The molecule has 6 nitrogen and oxygen atoms in total. The minimum atomic E-state index is -0.653. The number of hydrogen-bond acceptors (Lipinski definition) is 6. The smallest absolute Gasteiger partial charge is 0.198 e. The molecule has 1 atom stereocenters. The second-order valence-electron chi connectivity index (χ2n) is 10.7. The zero-order valence-electron chi connectivity index (χ0n) is 23.7. The number of ketones is 1. The molecule has 0 aromatic heterocycles. The predicted molar refractivity (Wildman–Crippen MR) is 177 cm³/mol. The van der Waals surface area contributed by atoms with E-state index in [0.717, 1.165) is 42.9 Å². The van der Waals surface area contributed by atoms with E-state index in [1.165, 1.54) is 13.3 Å². The van der Waals surface area contributed by atoms with Crippen LogP contribution in [0.2, 0.25) is 15.1 Å². The molecule has 6 rings (SSSR count). The van der Waals surface area contributed by atoms with Crippen LogP contribution in [0.25, 0.3) is 0 Å². The van der Waals surface area contributed by atoms with E-state index in [1.54, 1.807) is 11.1 Å². The lowest BCUT2D eigenvalue weighted by Gasteiger charge is -2.34. The minimum absolute atomic E-state index is 0.195. The molecular weight excluding hydrogens is 603 g/mol. The summed E-state index contributed by atoms with van der Waals surface area (Å²) in [6.45, 7) is 3.75. The highest BCUT2D eigenvalue weighted by Crippen LogP contribution is 2.46. The number of Topliss-reactive ketones (excluding diaryl/α,β-unsaturated/α-hetero) is 1. The molecular formula is C34H31Cl3N4O2. The molecule has 2 heterocycles. The van der Waals surface area contributed by atoms with Gasteiger partial charge in [0.2, 0.25) is 0 Å². The maximum atomic E-state index is 13.2. The molecule has 9 heteroatoms. The molecule has 220 valence electrons. The first-order chi connectivity index (χ1) is 20.9. The van der Waals surface area contributed by atoms with Gasteiger partial charge in [-0.15, -0.1) is 5.10 Å². The van der Waals surface area contributed by atoms with E-state index in [4.69, 9.17) is 44.6 Å². The van der Waals surface area contributed by atoms with Gasteiger partial charge >= 0.3 is 0 Å². The molecule has 0 radical (unpaired) electrons. The summed E-state index contributed by atoms with van der Waals surface area (Å²) >= 11 is 20.4. The van der Waals surface area contributed by atoms with Crippen molar-refractivity contribution in [3.8, 4) is 5.75 Å². The van der Waals surface area contributed by atoms with Crippen molar-refractivity contribution in [3.63, 3.8) is 0 Å². The number of hydrazone groups is 1. The van der Waals surface area contributed by atoms with Crippen LogP contribution in [-0.2, 0) is 11.4 Å². The third-order valence-corrected chi connectivity index (χ3v) is 8.49. The van der Waals surface area contributed by atoms with Crippen LogP contribution in [0.15, 0.2) is 96.1 Å². The molecule has 1 saturated heterocycles. The van der Waals surface area contributed by atoms with Crippen LogP contribution >= 0.6 is 34.8 Å². The lowest BCUT2D eigenvalue weighted by Crippen LogP contribution is -2.38. The van der Waals surface area contributed by atoms with Gasteiger partial charge in [-0.3, -0.25) is 9.69 Å². The van der Waals surface area contributed by atoms with Crippen molar-refractivity contribution in [1.82, 2.24) is 0 Å². The third-order valence-electron chi connectivity index (χ3n) is 7.69. The highest BCUT2D eigenvalue weighted by molar-refractivity contribution is 6.44. The van der Waals surface area contributed by atoms with E-state index in [-0.39, 0.29) is 11.6 Å². The molecule has 4 aromatic carbocycles. The number of halogens is 3. The van der Waals surface area contributed by atoms with Crippen molar-refractivity contribution in [3.05, 3.63) is 117 Å². The van der Waals surface area contributed by atoms with Crippen molar-refractivity contribution in [1.29, 1.82) is 0 Å². The highest BCUT2D eigenvalue weighted by Gasteiger charge is 2.41. The summed E-state index contributed by atoms with van der Waals surface area (Å²) in [5.74, 6) is 0.530. The number of nitrogens with zero attached hydrogens (tertiary/aromatic N) is 4. The van der Waals surface area contributed by atoms with Crippen LogP contribution in [0.3, 0.4) is 0 Å². The van der Waals surface area contributed by atoms with Crippen molar-refractivity contribution in [2.24, 2.45) is 5.10 Å². The summed E-state index contributed by atoms with van der Waals surface area (Å²) in [6, 6.07) is 29.0. The van der Waals surface area contributed by atoms with Gasteiger partial charge in [-0.2, -0.15) is 0 Å². The summed E-state index contributed by atoms with van der Waals surface area (Å²) in [6.07, 6.45) is 2.86. The standard InChI is InChI=1S/C34H31Cl3N4O2/c1-23(42)33-38-41(26-13-7-3-8-14-26)34(40(33)27-15-16-31(29(36)21-27)39-17-9-4-10-18-39)28-19-25(35)20-30(37)32(28)43-22-24-11-5-2-6-12-24/h2-3,5-8,11-16,19-21,34H,4,9-10,17-18,22H2,1H3. The first kappa shape index (κ1) is 29.4. The number of amidine groups is 1. The summed E-state index contributed by atoms with van der Waals surface area (Å²) < 4.78 is 6.40. The van der Waals surface area contributed by atoms with Gasteiger partial charge in [-0.25, -0.2) is 5.01 Å². The molecule has 4 aromatic rings. The summed E-state index contributed by atoms with van der Waals surface area (Å²) in [5, 5.41) is 8.09. The lowest BCUT2D eigenvalue weighted by molar-refractivity contribution is -0.111. The van der Waals surface area contributed by atoms with Gasteiger partial charge in [0.25, 0.3) is 0 Å². The molecule has 43 heavy (non-hydrogen) atoms. The Morgan fingerprint density at radius 1 is 0.837 bits per heavy atom. The fourth-order valence-corrected chi connectivity index (χ4v) is 6.53. The van der Waals surface area contributed by atoms with Crippen LogP contribution < -0.4 is 19.5 Å². The first-order valence-corrected chi connectivity index (χ1v) is 15.5. The quantitative estimate of drug-likeness (QED) is 0.194. The lowest BCUT2D eigenvalue weighted by atomic mass is 10.1. The number of hydrogen-bond donors (Lipinski definition) is 0. The van der Waals surface area contributed by atoms with Gasteiger partial charge < -0.3 is 9.64 Å². The van der Waals surface area contributed by atoms with Gasteiger partial charge in [-0.1, -0.05) is 83.3 Å². The zero-order chi connectivity index (χ0) is 29.9. The van der Waals surface area contributed by atoms with Crippen molar-refractivity contribution in [2.75, 3.05) is 27.9 Å². The Hall–Kier alpha value is -3.71. The van der Waals surface area contributed by atoms with Gasteiger partial charge in [0, 0.05) is 36.3 Å². The van der Waals surface area contributed by atoms with E-state index in [2.05, 4.69) is 4.90 Å². The van der Waals surface area contributed by atoms with Crippen molar-refractivity contribution < 1.29 is 9.53 Å². The Bertz CT molecular complexity index is 1640. The second-order valence-corrected chi connectivity index (χ2v) is 11.9. The molecule has 2 aliphatic heterocycles. The number of anilines is 3. The number of benzene rings is 4. The second kappa shape index (κ2) is 12.9. The Labute approximate surface area is 267 Å². The number of carbonyl (C=O) groups excluding carboxylic acids is 1. The molecule has 0 amide bonds. The molecule has 0 spiro atoms. The molecule has 0 aliphatic carbocycles. The van der Waals surface area contributed by atoms with Gasteiger partial charge in [0.15, 0.2) is 17.8 Å². The summed E-state index contributed by atoms with van der Waals surface area (Å²) in [7, 11) is 0. The average molecular weight is 634 g/mol. The topological polar surface area (TPSA) is 48.4 Å². The van der Waals surface area contributed by atoms with Crippen LogP contribution in [0, 0.1) is 0 Å². The number of para-hydroxylation sites is 1. The van der Waals surface area contributed by atoms with E-state index in [0.29, 0.717) is 38.7 Å².